The third-order valence-corrected chi connectivity index (χ3v) is 3.02. The number of rotatable bonds is 2. The molecule has 0 aliphatic heterocycles. The van der Waals surface area contributed by atoms with Gasteiger partial charge in [-0.25, -0.2) is 4.79 Å². The summed E-state index contributed by atoms with van der Waals surface area (Å²) in [7, 11) is 1.28. The Morgan fingerprint density at radius 1 is 1.26 bits per heavy atom. The van der Waals surface area contributed by atoms with Crippen molar-refractivity contribution in [1.82, 2.24) is 4.57 Å². The molecule has 0 atom stereocenters. The van der Waals surface area contributed by atoms with E-state index in [0.29, 0.717) is 10.6 Å². The molecule has 0 N–H and O–H groups in total. The summed E-state index contributed by atoms with van der Waals surface area (Å²) in [5.74, 6) is -0.843. The van der Waals surface area contributed by atoms with Gasteiger partial charge in [0.15, 0.2) is 0 Å². The molecule has 2 aromatic rings. The fourth-order valence-electron chi connectivity index (χ4n) is 1.83. The lowest BCUT2D eigenvalue weighted by atomic mass is 10.1. The molecule has 0 saturated heterocycles. The number of carbonyl (C=O) groups excluding carboxylic acids is 2. The topological polar surface area (TPSA) is 48.3 Å². The summed E-state index contributed by atoms with van der Waals surface area (Å²) in [6, 6.07) is 8.14. The number of benzene rings is 1. The zero-order chi connectivity index (χ0) is 14.0. The number of esters is 1. The number of ether oxygens (including phenoxy) is 1. The van der Waals surface area contributed by atoms with Crippen LogP contribution in [0.5, 0.6) is 0 Å². The Bertz CT molecular complexity index is 646. The lowest BCUT2D eigenvalue weighted by Gasteiger charge is -2.09. The second-order valence-electron chi connectivity index (χ2n) is 4.02. The maximum absolute atomic E-state index is 12.4. The third-order valence-electron chi connectivity index (χ3n) is 2.78. The maximum Gasteiger partial charge on any atom is 0.355 e. The number of methoxy groups -OCH3 is 1. The van der Waals surface area contributed by atoms with Crippen LogP contribution in [0.4, 0.5) is 0 Å². The molecule has 0 radical (unpaired) electrons. The van der Waals surface area contributed by atoms with Crippen LogP contribution in [0.2, 0.25) is 5.02 Å². The summed E-state index contributed by atoms with van der Waals surface area (Å²) in [5.41, 5.74) is 1.44. The Hall–Kier alpha value is -2.07. The quantitative estimate of drug-likeness (QED) is 0.793. The number of hydrogen-bond donors (Lipinski definition) is 0. The highest BCUT2D eigenvalue weighted by molar-refractivity contribution is 6.30. The van der Waals surface area contributed by atoms with Crippen molar-refractivity contribution < 1.29 is 14.3 Å². The minimum atomic E-state index is -0.551. The van der Waals surface area contributed by atoms with Crippen molar-refractivity contribution in [1.29, 1.82) is 0 Å². The average Bonchev–Trinajstić information content (AvgIpc) is 2.86. The molecule has 0 aliphatic carbocycles. The van der Waals surface area contributed by atoms with E-state index >= 15 is 0 Å². The van der Waals surface area contributed by atoms with E-state index in [-0.39, 0.29) is 11.6 Å². The van der Waals surface area contributed by atoms with E-state index in [9.17, 15) is 9.59 Å². The Balaban J connectivity index is 2.45. The van der Waals surface area contributed by atoms with Crippen molar-refractivity contribution in [3.05, 3.63) is 58.4 Å². The SMILES string of the molecule is COC(=O)c1cccn1C(=O)c1ccc(Cl)cc1C. The molecule has 0 unspecified atom stereocenters. The van der Waals surface area contributed by atoms with Gasteiger partial charge in [0.25, 0.3) is 5.91 Å². The predicted molar refractivity (Wildman–Crippen MR) is 71.7 cm³/mol. The largest absolute Gasteiger partial charge is 0.464 e. The van der Waals surface area contributed by atoms with Gasteiger partial charge >= 0.3 is 5.97 Å². The van der Waals surface area contributed by atoms with Gasteiger partial charge in [-0.1, -0.05) is 11.6 Å². The first-order valence-electron chi connectivity index (χ1n) is 5.61. The highest BCUT2D eigenvalue weighted by atomic mass is 35.5. The monoisotopic (exact) mass is 277 g/mol. The molecular weight excluding hydrogens is 266 g/mol. The number of nitrogens with zero attached hydrogens (tertiary/aromatic N) is 1. The van der Waals surface area contributed by atoms with Crippen molar-refractivity contribution in [2.45, 2.75) is 6.92 Å². The van der Waals surface area contributed by atoms with Gasteiger partial charge in [0.05, 0.1) is 7.11 Å². The number of hydrogen-bond acceptors (Lipinski definition) is 3. The minimum absolute atomic E-state index is 0.196. The minimum Gasteiger partial charge on any atom is -0.464 e. The molecule has 1 heterocycles. The van der Waals surface area contributed by atoms with Gasteiger partial charge in [-0.05, 0) is 42.8 Å². The highest BCUT2D eigenvalue weighted by Crippen LogP contribution is 2.17. The summed E-state index contributed by atoms with van der Waals surface area (Å²) in [6.07, 6.45) is 1.53. The molecule has 5 heteroatoms. The molecule has 2 rings (SSSR count). The average molecular weight is 278 g/mol. The standard InChI is InChI=1S/C14H12ClNO3/c1-9-8-10(15)5-6-11(9)13(17)16-7-3-4-12(16)14(18)19-2/h3-8H,1-2H3. The van der Waals surface area contributed by atoms with Gasteiger partial charge < -0.3 is 4.74 Å². The fourth-order valence-corrected chi connectivity index (χ4v) is 2.05. The zero-order valence-electron chi connectivity index (χ0n) is 10.5. The van der Waals surface area contributed by atoms with Crippen molar-refractivity contribution in [3.8, 4) is 0 Å². The van der Waals surface area contributed by atoms with Gasteiger partial charge in [0, 0.05) is 16.8 Å². The van der Waals surface area contributed by atoms with Crippen LogP contribution >= 0.6 is 11.6 Å². The molecular formula is C14H12ClNO3. The van der Waals surface area contributed by atoms with E-state index in [1.54, 1.807) is 31.2 Å². The smallest absolute Gasteiger partial charge is 0.355 e. The number of carbonyl (C=O) groups is 2. The normalized spacial score (nSPS) is 10.3. The molecule has 1 aromatic carbocycles. The van der Waals surface area contributed by atoms with Gasteiger partial charge in [-0.2, -0.15) is 0 Å². The van der Waals surface area contributed by atoms with E-state index in [2.05, 4.69) is 4.74 Å². The van der Waals surface area contributed by atoms with Crippen molar-refractivity contribution in [2.24, 2.45) is 0 Å². The van der Waals surface area contributed by atoms with E-state index in [0.717, 1.165) is 5.56 Å². The van der Waals surface area contributed by atoms with Crippen LogP contribution < -0.4 is 0 Å². The molecule has 0 spiro atoms. The Kier molecular flexibility index (Phi) is 3.71. The summed E-state index contributed by atoms with van der Waals surface area (Å²) in [4.78, 5) is 23.9. The third kappa shape index (κ3) is 2.53. The van der Waals surface area contributed by atoms with E-state index in [1.807, 2.05) is 0 Å². The van der Waals surface area contributed by atoms with Crippen LogP contribution in [0.25, 0.3) is 0 Å². The van der Waals surface area contributed by atoms with E-state index < -0.39 is 5.97 Å². The predicted octanol–water partition coefficient (Wildman–Crippen LogP) is 2.93. The first-order valence-corrected chi connectivity index (χ1v) is 5.99. The van der Waals surface area contributed by atoms with Crippen molar-refractivity contribution in [2.75, 3.05) is 7.11 Å². The maximum atomic E-state index is 12.4. The van der Waals surface area contributed by atoms with Crippen molar-refractivity contribution >= 4 is 23.5 Å². The fraction of sp³-hybridized carbons (Fsp3) is 0.143. The highest BCUT2D eigenvalue weighted by Gasteiger charge is 2.18. The molecule has 4 nitrogen and oxygen atoms in total. The van der Waals surface area contributed by atoms with Crippen LogP contribution in [0.15, 0.2) is 36.5 Å². The molecule has 0 bridgehead atoms. The Morgan fingerprint density at radius 3 is 2.63 bits per heavy atom. The first kappa shape index (κ1) is 13.4. The molecule has 19 heavy (non-hydrogen) atoms. The summed E-state index contributed by atoms with van der Waals surface area (Å²) >= 11 is 5.86. The zero-order valence-corrected chi connectivity index (χ0v) is 11.3. The number of aryl methyl sites for hydroxylation is 1. The Morgan fingerprint density at radius 2 is 2.00 bits per heavy atom. The van der Waals surface area contributed by atoms with Crippen molar-refractivity contribution in [3.63, 3.8) is 0 Å². The molecule has 0 saturated carbocycles. The lowest BCUT2D eigenvalue weighted by molar-refractivity contribution is 0.0583. The van der Waals surface area contributed by atoms with Gasteiger partial charge in [0.1, 0.15) is 5.69 Å². The van der Waals surface area contributed by atoms with Crippen LogP contribution in [0.3, 0.4) is 0 Å². The van der Waals surface area contributed by atoms with Crippen LogP contribution in [0.1, 0.15) is 26.4 Å². The second kappa shape index (κ2) is 5.28. The van der Waals surface area contributed by atoms with E-state index in [4.69, 9.17) is 11.6 Å². The van der Waals surface area contributed by atoms with Gasteiger partial charge in [0.2, 0.25) is 0 Å². The molecule has 0 fully saturated rings. The summed E-state index contributed by atoms with van der Waals surface area (Å²) < 4.78 is 5.90. The molecule has 1 aromatic heterocycles. The van der Waals surface area contributed by atoms with Crippen LogP contribution in [0, 0.1) is 6.92 Å². The van der Waals surface area contributed by atoms with Crippen LogP contribution in [-0.4, -0.2) is 23.6 Å². The summed E-state index contributed by atoms with van der Waals surface area (Å²) in [5, 5.41) is 0.565. The second-order valence-corrected chi connectivity index (χ2v) is 4.46. The van der Waals surface area contributed by atoms with Gasteiger partial charge in [-0.3, -0.25) is 9.36 Å². The number of halogens is 1. The molecule has 98 valence electrons. The van der Waals surface area contributed by atoms with Gasteiger partial charge in [-0.15, -0.1) is 0 Å². The van der Waals surface area contributed by atoms with E-state index in [1.165, 1.54) is 23.9 Å². The first-order chi connectivity index (χ1) is 9.04. The van der Waals surface area contributed by atoms with Crippen LogP contribution in [-0.2, 0) is 4.74 Å². The number of aromatic nitrogens is 1. The Labute approximate surface area is 115 Å². The lowest BCUT2D eigenvalue weighted by Crippen LogP contribution is -2.18. The molecule has 0 aliphatic rings. The molecule has 0 amide bonds. The summed E-state index contributed by atoms with van der Waals surface area (Å²) in [6.45, 7) is 1.79.